The molecule has 0 saturated carbocycles. The van der Waals surface area contributed by atoms with Gasteiger partial charge in [0, 0.05) is 29.7 Å². The Balaban J connectivity index is 1.96. The van der Waals surface area contributed by atoms with E-state index in [9.17, 15) is 4.39 Å². The smallest absolute Gasteiger partial charge is 0.131 e. The topological polar surface area (TPSA) is 21.3 Å². The van der Waals surface area contributed by atoms with Gasteiger partial charge in [-0.1, -0.05) is 36.2 Å². The number of hydrogen-bond acceptors (Lipinski definition) is 2. The summed E-state index contributed by atoms with van der Waals surface area (Å²) in [6, 6.07) is 8.23. The first-order valence-corrected chi connectivity index (χ1v) is 8.50. The maximum absolute atomic E-state index is 14.0. The Bertz CT molecular complexity index is 700. The summed E-state index contributed by atoms with van der Waals surface area (Å²) in [6.07, 6.45) is 1.74. The van der Waals surface area contributed by atoms with Crippen LogP contribution in [0.3, 0.4) is 0 Å². The van der Waals surface area contributed by atoms with Crippen molar-refractivity contribution in [2.75, 3.05) is 13.1 Å². The molecule has 0 radical (unpaired) electrons. The zero-order valence-corrected chi connectivity index (χ0v) is 14.3. The van der Waals surface area contributed by atoms with Crippen molar-refractivity contribution in [3.05, 3.63) is 51.8 Å². The zero-order chi connectivity index (χ0) is 16.4. The molecule has 2 aromatic carbocycles. The highest BCUT2D eigenvalue weighted by atomic mass is 35.5. The van der Waals surface area contributed by atoms with Gasteiger partial charge in [-0.2, -0.15) is 0 Å². The first-order chi connectivity index (χ1) is 11.1. The van der Waals surface area contributed by atoms with Gasteiger partial charge in [-0.05, 0) is 37.2 Å². The third-order valence-corrected chi connectivity index (χ3v) is 4.52. The Morgan fingerprint density at radius 1 is 1.26 bits per heavy atom. The molecule has 2 aromatic rings. The Labute approximate surface area is 145 Å². The Kier molecular flexibility index (Phi) is 5.10. The molecule has 1 aliphatic heterocycles. The number of nitrogens with one attached hydrogen (secondary N) is 1. The molecule has 0 amide bonds. The van der Waals surface area contributed by atoms with Crippen molar-refractivity contribution in [2.24, 2.45) is 0 Å². The van der Waals surface area contributed by atoms with Crippen LogP contribution in [0.1, 0.15) is 18.9 Å². The van der Waals surface area contributed by atoms with Crippen LogP contribution >= 0.6 is 23.2 Å². The third-order valence-electron chi connectivity index (χ3n) is 3.89. The third kappa shape index (κ3) is 3.47. The molecule has 2 nitrogen and oxygen atoms in total. The molecular formula is C18H18Cl2FNO. The molecule has 1 atom stereocenters. The summed E-state index contributed by atoms with van der Waals surface area (Å²) >= 11 is 12.6. The van der Waals surface area contributed by atoms with Gasteiger partial charge in [0.25, 0.3) is 0 Å². The van der Waals surface area contributed by atoms with Gasteiger partial charge in [0.05, 0.1) is 10.0 Å². The number of rotatable bonds is 5. The number of ether oxygens (including phenoxy) is 1. The van der Waals surface area contributed by atoms with Gasteiger partial charge in [0.15, 0.2) is 0 Å². The van der Waals surface area contributed by atoms with Crippen LogP contribution in [-0.4, -0.2) is 19.2 Å². The highest BCUT2D eigenvalue weighted by molar-refractivity contribution is 6.39. The fourth-order valence-corrected chi connectivity index (χ4v) is 3.49. The molecule has 0 spiro atoms. The van der Waals surface area contributed by atoms with E-state index >= 15 is 0 Å². The summed E-state index contributed by atoms with van der Waals surface area (Å²) < 4.78 is 20.1. The summed E-state index contributed by atoms with van der Waals surface area (Å²) in [5.74, 6) is 0.380. The van der Waals surface area contributed by atoms with Crippen molar-refractivity contribution in [3.8, 4) is 16.9 Å². The lowest BCUT2D eigenvalue weighted by Crippen LogP contribution is -2.30. The van der Waals surface area contributed by atoms with E-state index < -0.39 is 0 Å². The quantitative estimate of drug-likeness (QED) is 0.754. The average molecular weight is 354 g/mol. The van der Waals surface area contributed by atoms with E-state index in [4.69, 9.17) is 27.9 Å². The predicted octanol–water partition coefficient (Wildman–Crippen LogP) is 5.10. The minimum Gasteiger partial charge on any atom is -0.488 e. The molecule has 1 aliphatic rings. The molecular weight excluding hydrogens is 336 g/mol. The van der Waals surface area contributed by atoms with Crippen molar-refractivity contribution in [1.82, 2.24) is 5.32 Å². The van der Waals surface area contributed by atoms with Crippen molar-refractivity contribution in [2.45, 2.75) is 25.9 Å². The van der Waals surface area contributed by atoms with Crippen LogP contribution < -0.4 is 10.1 Å². The molecule has 1 unspecified atom stereocenters. The first-order valence-electron chi connectivity index (χ1n) is 7.74. The number of hydrogen-bond donors (Lipinski definition) is 1. The van der Waals surface area contributed by atoms with Crippen LogP contribution in [0.5, 0.6) is 5.75 Å². The number of benzene rings is 2. The van der Waals surface area contributed by atoms with E-state index in [0.717, 1.165) is 25.1 Å². The molecule has 0 bridgehead atoms. The van der Waals surface area contributed by atoms with Crippen LogP contribution in [0.25, 0.3) is 11.1 Å². The summed E-state index contributed by atoms with van der Waals surface area (Å²) in [5.41, 5.74) is 2.10. The second-order valence-corrected chi connectivity index (χ2v) is 6.50. The van der Waals surface area contributed by atoms with Gasteiger partial charge in [0.1, 0.15) is 17.7 Å². The largest absolute Gasteiger partial charge is 0.488 e. The monoisotopic (exact) mass is 353 g/mol. The highest BCUT2D eigenvalue weighted by Crippen LogP contribution is 2.44. The second kappa shape index (κ2) is 7.08. The maximum Gasteiger partial charge on any atom is 0.131 e. The highest BCUT2D eigenvalue weighted by Gasteiger charge is 2.28. The van der Waals surface area contributed by atoms with E-state index in [-0.39, 0.29) is 11.9 Å². The van der Waals surface area contributed by atoms with Crippen molar-refractivity contribution in [3.63, 3.8) is 0 Å². The van der Waals surface area contributed by atoms with Crippen molar-refractivity contribution in [1.29, 1.82) is 0 Å². The fraction of sp³-hybridized carbons (Fsp3) is 0.333. The summed E-state index contributed by atoms with van der Waals surface area (Å²) in [6.45, 7) is 3.79. The second-order valence-electron chi connectivity index (χ2n) is 5.69. The predicted molar refractivity (Wildman–Crippen MR) is 93.1 cm³/mol. The Morgan fingerprint density at radius 2 is 2.00 bits per heavy atom. The molecule has 1 N–H and O–H groups in total. The minimum atomic E-state index is -0.305. The van der Waals surface area contributed by atoms with E-state index in [1.165, 1.54) is 12.1 Å². The lowest BCUT2D eigenvalue weighted by atomic mass is 10.00. The van der Waals surface area contributed by atoms with E-state index in [0.29, 0.717) is 33.3 Å². The molecule has 5 heteroatoms. The molecule has 0 saturated heterocycles. The van der Waals surface area contributed by atoms with Crippen LogP contribution in [0.4, 0.5) is 4.39 Å². The van der Waals surface area contributed by atoms with E-state index in [1.807, 2.05) is 0 Å². The SMILES string of the molecule is CCCNCC1Cc2cc(F)cc(-c3c(Cl)cccc3Cl)c2O1. The van der Waals surface area contributed by atoms with Crippen LogP contribution in [0.2, 0.25) is 10.0 Å². The van der Waals surface area contributed by atoms with E-state index in [2.05, 4.69) is 12.2 Å². The lowest BCUT2D eigenvalue weighted by Gasteiger charge is -2.14. The van der Waals surface area contributed by atoms with Gasteiger partial charge in [0.2, 0.25) is 0 Å². The van der Waals surface area contributed by atoms with Crippen LogP contribution in [0.15, 0.2) is 30.3 Å². The number of halogens is 3. The maximum atomic E-state index is 14.0. The molecule has 0 aromatic heterocycles. The summed E-state index contributed by atoms with van der Waals surface area (Å²) in [7, 11) is 0. The minimum absolute atomic E-state index is 0.00152. The fourth-order valence-electron chi connectivity index (χ4n) is 2.89. The molecule has 23 heavy (non-hydrogen) atoms. The first kappa shape index (κ1) is 16.6. The average Bonchev–Trinajstić information content (AvgIpc) is 2.90. The van der Waals surface area contributed by atoms with Gasteiger partial charge >= 0.3 is 0 Å². The summed E-state index contributed by atoms with van der Waals surface area (Å²) in [5, 5.41) is 4.31. The molecule has 122 valence electrons. The van der Waals surface area contributed by atoms with Gasteiger partial charge in [-0.15, -0.1) is 0 Å². The summed E-state index contributed by atoms with van der Waals surface area (Å²) in [4.78, 5) is 0. The van der Waals surface area contributed by atoms with Crippen LogP contribution in [-0.2, 0) is 6.42 Å². The lowest BCUT2D eigenvalue weighted by molar-refractivity contribution is 0.229. The van der Waals surface area contributed by atoms with Gasteiger partial charge in [-0.25, -0.2) is 4.39 Å². The Morgan fingerprint density at radius 3 is 2.70 bits per heavy atom. The van der Waals surface area contributed by atoms with E-state index in [1.54, 1.807) is 18.2 Å². The van der Waals surface area contributed by atoms with Gasteiger partial charge < -0.3 is 10.1 Å². The van der Waals surface area contributed by atoms with Crippen LogP contribution in [0, 0.1) is 5.82 Å². The molecule has 0 aliphatic carbocycles. The van der Waals surface area contributed by atoms with Crippen molar-refractivity contribution < 1.29 is 9.13 Å². The zero-order valence-electron chi connectivity index (χ0n) is 12.8. The molecule has 0 fully saturated rings. The molecule has 1 heterocycles. The normalized spacial score (nSPS) is 16.3. The number of fused-ring (bicyclic) bond motifs is 1. The molecule has 3 rings (SSSR count). The van der Waals surface area contributed by atoms with Gasteiger partial charge in [-0.3, -0.25) is 0 Å². The van der Waals surface area contributed by atoms with Crippen molar-refractivity contribution >= 4 is 23.2 Å². The Hall–Kier alpha value is -1.29. The standard InChI is InChI=1S/C18H18Cl2FNO/c1-2-6-22-10-13-8-11-7-12(21)9-14(18(11)23-13)17-15(19)4-3-5-16(17)20/h3-5,7,9,13,22H,2,6,8,10H2,1H3.